The molecule has 2 aromatic rings. The van der Waals surface area contributed by atoms with Crippen molar-refractivity contribution >= 4 is 24.4 Å². The number of benzene rings is 2. The third-order valence-electron chi connectivity index (χ3n) is 7.19. The summed E-state index contributed by atoms with van der Waals surface area (Å²) in [5, 5.41) is 6.51. The highest BCUT2D eigenvalue weighted by Gasteiger charge is 2.75. The Bertz CT molecular complexity index is 1240. The van der Waals surface area contributed by atoms with Gasteiger partial charge in [0.2, 0.25) is 12.1 Å². The van der Waals surface area contributed by atoms with Gasteiger partial charge in [-0.2, -0.15) is 0 Å². The van der Waals surface area contributed by atoms with E-state index in [1.165, 1.54) is 13.8 Å². The molecule has 0 amide bonds. The van der Waals surface area contributed by atoms with E-state index in [9.17, 15) is 9.59 Å². The van der Waals surface area contributed by atoms with Crippen LogP contribution in [-0.2, 0) is 9.59 Å². The van der Waals surface area contributed by atoms with Crippen LogP contribution in [0.3, 0.4) is 0 Å². The Hall–Kier alpha value is -3.76. The van der Waals surface area contributed by atoms with E-state index >= 15 is 0 Å². The van der Waals surface area contributed by atoms with E-state index in [2.05, 4.69) is 32.2 Å². The van der Waals surface area contributed by atoms with Crippen LogP contribution < -0.4 is 29.6 Å². The Morgan fingerprint density at radius 1 is 0.795 bits per heavy atom. The zero-order valence-corrected chi connectivity index (χ0v) is 22.9. The first kappa shape index (κ1) is 26.8. The van der Waals surface area contributed by atoms with Crippen LogP contribution in [0.15, 0.2) is 36.4 Å². The predicted octanol–water partition coefficient (Wildman–Crippen LogP) is 2.25. The fourth-order valence-electron chi connectivity index (χ4n) is 5.63. The Morgan fingerprint density at radius 2 is 1.23 bits per heavy atom. The lowest BCUT2D eigenvalue weighted by Crippen LogP contribution is -2.60. The maximum absolute atomic E-state index is 11.6. The van der Waals surface area contributed by atoms with Gasteiger partial charge in [-0.3, -0.25) is 9.59 Å². The van der Waals surface area contributed by atoms with Crippen molar-refractivity contribution in [3.05, 3.63) is 47.5 Å². The van der Waals surface area contributed by atoms with E-state index in [-0.39, 0.29) is 24.0 Å². The van der Waals surface area contributed by atoms with Gasteiger partial charge in [-0.25, -0.2) is 0 Å². The summed E-state index contributed by atoms with van der Waals surface area (Å²) in [6, 6.07) is 9.64. The molecule has 1 fully saturated rings. The number of ether oxygens (including phenoxy) is 4. The van der Waals surface area contributed by atoms with E-state index in [0.29, 0.717) is 23.0 Å². The van der Waals surface area contributed by atoms with Crippen molar-refractivity contribution in [2.75, 3.05) is 27.2 Å². The SMILES string of the molecule is CNCCCC1C(CCCNC)[N+]2=Cc3cc(OC(C)=O)ccc3OC23Oc2ccc(OC(C)=O)cc2C=[N+]13. The minimum absolute atomic E-state index is 0.0826. The summed E-state index contributed by atoms with van der Waals surface area (Å²) in [6.07, 6.45) is 7.90. The second-order valence-corrected chi connectivity index (χ2v) is 10.0. The molecule has 10 nitrogen and oxygen atoms in total. The number of rotatable bonds is 10. The smallest absolute Gasteiger partial charge is 0.427 e. The lowest BCUT2D eigenvalue weighted by Gasteiger charge is -2.27. The van der Waals surface area contributed by atoms with Crippen LogP contribution in [-0.4, -0.2) is 78.8 Å². The van der Waals surface area contributed by atoms with Gasteiger partial charge in [0.15, 0.2) is 23.9 Å². The van der Waals surface area contributed by atoms with E-state index < -0.39 is 6.03 Å². The number of carbonyl (C=O) groups is 2. The van der Waals surface area contributed by atoms with E-state index in [1.54, 1.807) is 24.3 Å². The first-order valence-corrected chi connectivity index (χ1v) is 13.4. The molecule has 0 bridgehead atoms. The van der Waals surface area contributed by atoms with Gasteiger partial charge in [-0.15, -0.1) is 0 Å². The van der Waals surface area contributed by atoms with Crippen LogP contribution in [0.2, 0.25) is 0 Å². The molecule has 2 atom stereocenters. The number of hydrogen-bond acceptors (Lipinski definition) is 8. The molecule has 39 heavy (non-hydrogen) atoms. The van der Waals surface area contributed by atoms with Gasteiger partial charge in [-0.05, 0) is 76.4 Å². The summed E-state index contributed by atoms with van der Waals surface area (Å²) in [5.41, 5.74) is 1.63. The summed E-state index contributed by atoms with van der Waals surface area (Å²) in [6.45, 7) is 4.56. The van der Waals surface area contributed by atoms with Crippen LogP contribution in [0, 0.1) is 0 Å². The van der Waals surface area contributed by atoms with Gasteiger partial charge in [0, 0.05) is 26.7 Å². The molecule has 2 N–H and O–H groups in total. The lowest BCUT2D eigenvalue weighted by molar-refractivity contribution is -0.866. The molecule has 0 saturated carbocycles. The molecule has 206 valence electrons. The van der Waals surface area contributed by atoms with Gasteiger partial charge in [-0.1, -0.05) is 9.15 Å². The molecule has 10 heteroatoms. The summed E-state index contributed by atoms with van der Waals surface area (Å²) < 4.78 is 28.5. The van der Waals surface area contributed by atoms with Crippen molar-refractivity contribution in [2.45, 2.75) is 57.6 Å². The predicted molar refractivity (Wildman–Crippen MR) is 144 cm³/mol. The van der Waals surface area contributed by atoms with Crippen LogP contribution in [0.5, 0.6) is 23.0 Å². The van der Waals surface area contributed by atoms with Gasteiger partial charge >= 0.3 is 18.0 Å². The Balaban J connectivity index is 1.62. The molecule has 0 radical (unpaired) electrons. The van der Waals surface area contributed by atoms with Crippen molar-refractivity contribution in [2.24, 2.45) is 0 Å². The molecular weight excluding hydrogens is 500 g/mol. The quantitative estimate of drug-likeness (QED) is 0.206. The topological polar surface area (TPSA) is 101 Å². The van der Waals surface area contributed by atoms with E-state index in [1.807, 2.05) is 26.2 Å². The zero-order valence-electron chi connectivity index (χ0n) is 22.9. The number of esters is 2. The normalized spacial score (nSPS) is 22.2. The molecule has 2 unspecified atom stereocenters. The Kier molecular flexibility index (Phi) is 7.67. The third kappa shape index (κ3) is 5.26. The number of hydrogen-bond donors (Lipinski definition) is 2. The van der Waals surface area contributed by atoms with Crippen molar-refractivity contribution in [3.63, 3.8) is 0 Å². The Labute approximate surface area is 228 Å². The van der Waals surface area contributed by atoms with Gasteiger partial charge < -0.3 is 29.6 Å². The summed E-state index contributed by atoms with van der Waals surface area (Å²) in [4.78, 5) is 23.1. The molecule has 0 aromatic heterocycles. The number of carbonyl (C=O) groups excluding carboxylic acids is 2. The highest BCUT2D eigenvalue weighted by atomic mass is 16.7. The van der Waals surface area contributed by atoms with Gasteiger partial charge in [0.25, 0.3) is 0 Å². The second-order valence-electron chi connectivity index (χ2n) is 10.0. The molecule has 3 aliphatic heterocycles. The summed E-state index contributed by atoms with van der Waals surface area (Å²) >= 11 is 0. The average Bonchev–Trinajstić information content (AvgIpc) is 3.13. The molecule has 2 aromatic carbocycles. The third-order valence-corrected chi connectivity index (χ3v) is 7.19. The minimum Gasteiger partial charge on any atom is -0.427 e. The van der Waals surface area contributed by atoms with Gasteiger partial charge in [0.1, 0.15) is 11.5 Å². The lowest BCUT2D eigenvalue weighted by atomic mass is 9.99. The standard InChI is InChI=1S/C29H36N4O6/c1-19(34)36-23-9-11-27-21(15-23)17-32-25(7-5-13-30-3)26(8-6-14-31-4)33-18-22-16-24(37-20(2)35)10-12-28(22)39-29(32,33)38-27/h9-12,15-18,25-26,30-31H,5-8,13-14H2,1-4H3/q+2. The summed E-state index contributed by atoms with van der Waals surface area (Å²) in [5.74, 6) is 1.44. The fourth-order valence-corrected chi connectivity index (χ4v) is 5.63. The van der Waals surface area contributed by atoms with Crippen molar-refractivity contribution in [3.8, 4) is 23.0 Å². The molecule has 1 spiro atoms. The number of fused-ring (bicyclic) bond motifs is 2. The van der Waals surface area contributed by atoms with E-state index in [0.717, 1.165) is 49.9 Å². The fraction of sp³-hybridized carbons (Fsp3) is 0.448. The highest BCUT2D eigenvalue weighted by molar-refractivity contribution is 5.84. The average molecular weight is 537 g/mol. The maximum atomic E-state index is 11.6. The minimum atomic E-state index is -1.22. The molecule has 3 aliphatic rings. The molecule has 5 rings (SSSR count). The first-order chi connectivity index (χ1) is 18.8. The van der Waals surface area contributed by atoms with Gasteiger partial charge in [0.05, 0.1) is 11.1 Å². The first-order valence-electron chi connectivity index (χ1n) is 13.4. The molecule has 0 aliphatic carbocycles. The number of nitrogens with zero attached hydrogens (tertiary/aromatic N) is 2. The molecule has 1 saturated heterocycles. The van der Waals surface area contributed by atoms with Crippen LogP contribution >= 0.6 is 0 Å². The molecule has 3 heterocycles. The number of nitrogens with one attached hydrogen (secondary N) is 2. The zero-order chi connectivity index (χ0) is 27.6. The van der Waals surface area contributed by atoms with E-state index in [4.69, 9.17) is 18.9 Å². The Morgan fingerprint density at radius 3 is 1.62 bits per heavy atom. The van der Waals surface area contributed by atoms with Crippen LogP contribution in [0.25, 0.3) is 0 Å². The van der Waals surface area contributed by atoms with Crippen molar-refractivity contribution < 1.29 is 37.7 Å². The highest BCUT2D eigenvalue weighted by Crippen LogP contribution is 2.43. The monoisotopic (exact) mass is 536 g/mol. The van der Waals surface area contributed by atoms with Crippen LogP contribution in [0.1, 0.15) is 50.7 Å². The maximum Gasteiger partial charge on any atom is 0.704 e. The molecular formula is C29H36N4O6+2. The summed E-state index contributed by atoms with van der Waals surface area (Å²) in [7, 11) is 3.92. The van der Waals surface area contributed by atoms with Crippen molar-refractivity contribution in [1.29, 1.82) is 0 Å². The largest absolute Gasteiger partial charge is 0.704 e. The van der Waals surface area contributed by atoms with Crippen LogP contribution in [0.4, 0.5) is 0 Å². The van der Waals surface area contributed by atoms with Crippen molar-refractivity contribution in [1.82, 2.24) is 10.6 Å². The second kappa shape index (κ2) is 11.2.